The standard InChI is InChI=1S/C22H16Cl2F2N4O2/c1-32-11-8-29(9-11)22(31)15-10-30-16-6-5-12(23)20(24)19(16)21(27-7-17(30)28-15)18-13(25)3-2-4-14(18)26/h2-6,10-11H,7-9H2,1H3. The number of hydrogen-bond acceptors (Lipinski definition) is 4. The van der Waals surface area contributed by atoms with Crippen molar-refractivity contribution in [3.8, 4) is 5.69 Å². The summed E-state index contributed by atoms with van der Waals surface area (Å²) in [4.78, 5) is 23.3. The van der Waals surface area contributed by atoms with E-state index in [-0.39, 0.29) is 51.1 Å². The fraction of sp³-hybridized carbons (Fsp3) is 0.227. The molecule has 1 fully saturated rings. The van der Waals surface area contributed by atoms with Gasteiger partial charge in [0, 0.05) is 32.0 Å². The molecule has 164 valence electrons. The molecule has 5 rings (SSSR count). The number of amides is 1. The Hall–Kier alpha value is -2.81. The Morgan fingerprint density at radius 2 is 1.84 bits per heavy atom. The lowest BCUT2D eigenvalue weighted by Gasteiger charge is -2.37. The van der Waals surface area contributed by atoms with Crippen LogP contribution in [0.25, 0.3) is 5.69 Å². The van der Waals surface area contributed by atoms with Crippen LogP contribution in [-0.4, -0.2) is 52.4 Å². The summed E-state index contributed by atoms with van der Waals surface area (Å²) in [6, 6.07) is 6.82. The summed E-state index contributed by atoms with van der Waals surface area (Å²) in [6.45, 7) is 0.967. The van der Waals surface area contributed by atoms with E-state index >= 15 is 0 Å². The van der Waals surface area contributed by atoms with E-state index in [1.165, 1.54) is 6.07 Å². The topological polar surface area (TPSA) is 59.7 Å². The molecular formula is C22H16Cl2F2N4O2. The molecule has 1 saturated heterocycles. The molecule has 0 bridgehead atoms. The van der Waals surface area contributed by atoms with Crippen molar-refractivity contribution in [3.63, 3.8) is 0 Å². The number of methoxy groups -OCH3 is 1. The highest BCUT2D eigenvalue weighted by Crippen LogP contribution is 2.36. The van der Waals surface area contributed by atoms with Gasteiger partial charge in [0.25, 0.3) is 5.91 Å². The van der Waals surface area contributed by atoms with Crippen molar-refractivity contribution in [3.05, 3.63) is 80.9 Å². The second kappa shape index (κ2) is 7.95. The van der Waals surface area contributed by atoms with Gasteiger partial charge in [-0.15, -0.1) is 0 Å². The number of aromatic nitrogens is 2. The van der Waals surface area contributed by atoms with Crippen LogP contribution < -0.4 is 0 Å². The van der Waals surface area contributed by atoms with Gasteiger partial charge in [-0.05, 0) is 24.3 Å². The van der Waals surface area contributed by atoms with Crippen molar-refractivity contribution < 1.29 is 18.3 Å². The van der Waals surface area contributed by atoms with Crippen LogP contribution in [0.15, 0.2) is 41.5 Å². The van der Waals surface area contributed by atoms with Gasteiger partial charge in [-0.25, -0.2) is 13.8 Å². The van der Waals surface area contributed by atoms with E-state index in [2.05, 4.69) is 9.98 Å². The SMILES string of the molecule is COC1CN(C(=O)c2cn3c(n2)CN=C(c2c(F)cccc2F)c2c-3ccc(Cl)c2Cl)C1. The third kappa shape index (κ3) is 3.30. The molecule has 2 aliphatic heterocycles. The summed E-state index contributed by atoms with van der Waals surface area (Å²) >= 11 is 12.7. The number of hydrogen-bond donors (Lipinski definition) is 0. The molecule has 10 heteroatoms. The first-order valence-electron chi connectivity index (χ1n) is 9.77. The zero-order valence-electron chi connectivity index (χ0n) is 16.8. The van der Waals surface area contributed by atoms with Gasteiger partial charge in [-0.2, -0.15) is 0 Å². The van der Waals surface area contributed by atoms with E-state index < -0.39 is 11.6 Å². The van der Waals surface area contributed by atoms with E-state index in [9.17, 15) is 13.6 Å². The number of benzene rings is 2. The number of carbonyl (C=O) groups is 1. The van der Waals surface area contributed by atoms with Crippen LogP contribution in [0, 0.1) is 11.6 Å². The Balaban J connectivity index is 1.64. The van der Waals surface area contributed by atoms with Crippen molar-refractivity contribution in [1.29, 1.82) is 0 Å². The van der Waals surface area contributed by atoms with Crippen molar-refractivity contribution >= 4 is 34.8 Å². The summed E-state index contributed by atoms with van der Waals surface area (Å²) in [5.74, 6) is -1.34. The van der Waals surface area contributed by atoms with Gasteiger partial charge in [0.2, 0.25) is 0 Å². The third-order valence-corrected chi connectivity index (χ3v) is 6.42. The van der Waals surface area contributed by atoms with Gasteiger partial charge < -0.3 is 14.2 Å². The number of halogens is 4. The predicted octanol–water partition coefficient (Wildman–Crippen LogP) is 4.28. The molecule has 32 heavy (non-hydrogen) atoms. The smallest absolute Gasteiger partial charge is 0.274 e. The molecule has 2 aliphatic rings. The molecular weight excluding hydrogens is 461 g/mol. The minimum atomic E-state index is -0.772. The lowest BCUT2D eigenvalue weighted by Crippen LogP contribution is -2.54. The molecule has 0 radical (unpaired) electrons. The quantitative estimate of drug-likeness (QED) is 0.566. The van der Waals surface area contributed by atoms with Gasteiger partial charge in [-0.3, -0.25) is 9.79 Å². The molecule has 0 aliphatic carbocycles. The van der Waals surface area contributed by atoms with Crippen LogP contribution in [-0.2, 0) is 11.3 Å². The molecule has 0 atom stereocenters. The first kappa shape index (κ1) is 21.1. The lowest BCUT2D eigenvalue weighted by molar-refractivity contribution is -0.0194. The second-order valence-electron chi connectivity index (χ2n) is 7.50. The first-order valence-corrected chi connectivity index (χ1v) is 10.5. The molecule has 2 aromatic carbocycles. The summed E-state index contributed by atoms with van der Waals surface area (Å²) < 4.78 is 36.1. The predicted molar refractivity (Wildman–Crippen MR) is 116 cm³/mol. The highest BCUT2D eigenvalue weighted by atomic mass is 35.5. The van der Waals surface area contributed by atoms with Crippen molar-refractivity contribution in [2.24, 2.45) is 4.99 Å². The highest BCUT2D eigenvalue weighted by Gasteiger charge is 2.34. The fourth-order valence-corrected chi connectivity index (χ4v) is 4.29. The van der Waals surface area contributed by atoms with E-state index in [1.54, 1.807) is 34.9 Å². The summed E-state index contributed by atoms with van der Waals surface area (Å²) in [6.07, 6.45) is 1.60. The molecule has 3 aromatic rings. The average Bonchev–Trinajstić information content (AvgIpc) is 3.09. The van der Waals surface area contributed by atoms with Gasteiger partial charge >= 0.3 is 0 Å². The molecule has 1 aromatic heterocycles. The molecule has 0 saturated carbocycles. The van der Waals surface area contributed by atoms with Gasteiger partial charge in [-0.1, -0.05) is 29.3 Å². The van der Waals surface area contributed by atoms with Crippen LogP contribution >= 0.6 is 23.2 Å². The molecule has 3 heterocycles. The monoisotopic (exact) mass is 476 g/mol. The van der Waals surface area contributed by atoms with Gasteiger partial charge in [0.05, 0.1) is 39.7 Å². The average molecular weight is 477 g/mol. The van der Waals surface area contributed by atoms with Crippen LogP contribution in [0.1, 0.15) is 27.4 Å². The molecule has 0 N–H and O–H groups in total. The fourth-order valence-electron chi connectivity index (χ4n) is 3.88. The molecule has 6 nitrogen and oxygen atoms in total. The second-order valence-corrected chi connectivity index (χ2v) is 8.28. The minimum absolute atomic E-state index is 0.0142. The number of fused-ring (bicyclic) bond motifs is 3. The van der Waals surface area contributed by atoms with Crippen LogP contribution in [0.2, 0.25) is 10.0 Å². The maximum atomic E-state index is 14.6. The van der Waals surface area contributed by atoms with Crippen molar-refractivity contribution in [2.45, 2.75) is 12.6 Å². The van der Waals surface area contributed by atoms with E-state index in [0.29, 0.717) is 24.6 Å². The number of carbonyl (C=O) groups excluding carboxylic acids is 1. The largest absolute Gasteiger partial charge is 0.378 e. The van der Waals surface area contributed by atoms with E-state index in [4.69, 9.17) is 27.9 Å². The summed E-state index contributed by atoms with van der Waals surface area (Å²) in [5.41, 5.74) is 0.709. The zero-order chi connectivity index (χ0) is 22.6. The van der Waals surface area contributed by atoms with E-state index in [0.717, 1.165) is 12.1 Å². The third-order valence-electron chi connectivity index (χ3n) is 5.61. The van der Waals surface area contributed by atoms with Crippen LogP contribution in [0.4, 0.5) is 8.78 Å². The minimum Gasteiger partial charge on any atom is -0.378 e. The number of aliphatic imine (C=N–C) groups is 1. The maximum absolute atomic E-state index is 14.6. The number of rotatable bonds is 3. The number of imidazole rings is 1. The maximum Gasteiger partial charge on any atom is 0.274 e. The Morgan fingerprint density at radius 3 is 2.53 bits per heavy atom. The number of nitrogens with zero attached hydrogens (tertiary/aromatic N) is 4. The Kier molecular flexibility index (Phi) is 5.23. The Bertz CT molecular complexity index is 1260. The lowest BCUT2D eigenvalue weighted by atomic mass is 9.99. The normalized spacial score (nSPS) is 15.5. The Morgan fingerprint density at radius 1 is 1.12 bits per heavy atom. The Labute approximate surface area is 192 Å². The van der Waals surface area contributed by atoms with Crippen molar-refractivity contribution in [1.82, 2.24) is 14.5 Å². The molecule has 1 amide bonds. The molecule has 0 spiro atoms. The zero-order valence-corrected chi connectivity index (χ0v) is 18.3. The first-order chi connectivity index (χ1) is 15.4. The highest BCUT2D eigenvalue weighted by molar-refractivity contribution is 6.45. The van der Waals surface area contributed by atoms with Gasteiger partial charge in [0.15, 0.2) is 0 Å². The molecule has 0 unspecified atom stereocenters. The summed E-state index contributed by atoms with van der Waals surface area (Å²) in [7, 11) is 1.60. The number of ether oxygens (including phenoxy) is 1. The van der Waals surface area contributed by atoms with E-state index in [1.807, 2.05) is 0 Å². The van der Waals surface area contributed by atoms with Crippen LogP contribution in [0.5, 0.6) is 0 Å². The number of likely N-dealkylation sites (tertiary alicyclic amines) is 1. The summed E-state index contributed by atoms with van der Waals surface area (Å²) in [5, 5.41) is 0.312. The van der Waals surface area contributed by atoms with Crippen LogP contribution in [0.3, 0.4) is 0 Å². The van der Waals surface area contributed by atoms with Gasteiger partial charge in [0.1, 0.15) is 23.2 Å². The van der Waals surface area contributed by atoms with Crippen molar-refractivity contribution in [2.75, 3.05) is 20.2 Å².